The molecule has 2 aromatic heterocycles. The second-order valence-corrected chi connectivity index (χ2v) is 6.27. The first-order chi connectivity index (χ1) is 14.0. The van der Waals surface area contributed by atoms with E-state index in [0.29, 0.717) is 30.3 Å². The van der Waals surface area contributed by atoms with Gasteiger partial charge < -0.3 is 19.4 Å². The van der Waals surface area contributed by atoms with Gasteiger partial charge in [0.25, 0.3) is 5.91 Å². The highest BCUT2D eigenvalue weighted by atomic mass is 16.5. The summed E-state index contributed by atoms with van der Waals surface area (Å²) in [6, 6.07) is 10.8. The summed E-state index contributed by atoms with van der Waals surface area (Å²) in [5.74, 6) is 0.613. The van der Waals surface area contributed by atoms with Crippen LogP contribution in [0.5, 0.6) is 5.88 Å². The Hall–Kier alpha value is -3.68. The number of hydrogen-bond donors (Lipinski definition) is 1. The van der Waals surface area contributed by atoms with Crippen molar-refractivity contribution >= 4 is 17.5 Å². The second kappa shape index (κ2) is 9.01. The average molecular weight is 394 g/mol. The number of aromatic nitrogens is 2. The molecule has 2 heterocycles. The smallest absolute Gasteiger partial charge is 0.288 e. The zero-order chi connectivity index (χ0) is 20.8. The van der Waals surface area contributed by atoms with E-state index in [1.807, 2.05) is 25.1 Å². The van der Waals surface area contributed by atoms with Crippen LogP contribution >= 0.6 is 0 Å². The van der Waals surface area contributed by atoms with Crippen molar-refractivity contribution < 1.29 is 18.7 Å². The Bertz CT molecular complexity index is 981. The molecule has 0 saturated carbocycles. The maximum Gasteiger partial charge on any atom is 0.288 e. The van der Waals surface area contributed by atoms with Crippen molar-refractivity contribution in [1.29, 1.82) is 0 Å². The van der Waals surface area contributed by atoms with Gasteiger partial charge in [-0.25, -0.2) is 9.97 Å². The van der Waals surface area contributed by atoms with Gasteiger partial charge in [0.1, 0.15) is 0 Å². The number of methoxy groups -OCH3 is 1. The van der Waals surface area contributed by atoms with Gasteiger partial charge in [-0.15, -0.1) is 0 Å². The molecule has 0 aliphatic carbocycles. The summed E-state index contributed by atoms with van der Waals surface area (Å²) < 4.78 is 10.6. The number of ether oxygens (including phenoxy) is 1. The van der Waals surface area contributed by atoms with Crippen LogP contribution < -0.4 is 15.0 Å². The Morgan fingerprint density at radius 2 is 1.86 bits per heavy atom. The standard InChI is InChI=1S/C21H22N4O4/c1-4-19(26)25(2)16-8-6-15(7-9-16)21-24-13-17(29-21)20(27)23-12-14-5-10-18(28-3)22-11-14/h5-11,13H,4,12H2,1-3H3,(H,23,27). The SMILES string of the molecule is CCC(=O)N(C)c1ccc(-c2ncc(C(=O)NCc3ccc(OC)nc3)o2)cc1. The fourth-order valence-corrected chi connectivity index (χ4v) is 2.63. The molecule has 0 radical (unpaired) electrons. The molecule has 3 aromatic rings. The summed E-state index contributed by atoms with van der Waals surface area (Å²) in [5.41, 5.74) is 2.32. The van der Waals surface area contributed by atoms with Crippen molar-refractivity contribution in [2.24, 2.45) is 0 Å². The van der Waals surface area contributed by atoms with Crippen LogP contribution in [0.4, 0.5) is 5.69 Å². The van der Waals surface area contributed by atoms with Gasteiger partial charge >= 0.3 is 0 Å². The molecule has 8 heteroatoms. The van der Waals surface area contributed by atoms with Crippen molar-refractivity contribution in [3.8, 4) is 17.3 Å². The Morgan fingerprint density at radius 1 is 1.10 bits per heavy atom. The van der Waals surface area contributed by atoms with E-state index in [2.05, 4.69) is 15.3 Å². The molecular formula is C21H22N4O4. The van der Waals surface area contributed by atoms with Crippen molar-refractivity contribution in [2.75, 3.05) is 19.1 Å². The second-order valence-electron chi connectivity index (χ2n) is 6.27. The number of pyridine rings is 1. The van der Waals surface area contributed by atoms with Crippen LogP contribution in [0.1, 0.15) is 29.5 Å². The number of nitrogens with one attached hydrogen (secondary N) is 1. The number of amides is 2. The third kappa shape index (κ3) is 4.78. The highest BCUT2D eigenvalue weighted by molar-refractivity contribution is 5.93. The monoisotopic (exact) mass is 394 g/mol. The Balaban J connectivity index is 1.63. The minimum Gasteiger partial charge on any atom is -0.481 e. The number of oxazole rings is 1. The lowest BCUT2D eigenvalue weighted by Crippen LogP contribution is -2.24. The highest BCUT2D eigenvalue weighted by Crippen LogP contribution is 2.23. The van der Waals surface area contributed by atoms with Crippen molar-refractivity contribution in [1.82, 2.24) is 15.3 Å². The zero-order valence-electron chi connectivity index (χ0n) is 16.5. The van der Waals surface area contributed by atoms with Crippen molar-refractivity contribution in [3.63, 3.8) is 0 Å². The number of carbonyl (C=O) groups is 2. The summed E-state index contributed by atoms with van der Waals surface area (Å²) in [7, 11) is 3.27. The predicted molar refractivity (Wildman–Crippen MR) is 108 cm³/mol. The largest absolute Gasteiger partial charge is 0.481 e. The molecule has 0 saturated heterocycles. The van der Waals surface area contributed by atoms with Crippen LogP contribution in [0.2, 0.25) is 0 Å². The molecule has 8 nitrogen and oxygen atoms in total. The molecule has 0 atom stereocenters. The Kier molecular flexibility index (Phi) is 6.23. The van der Waals surface area contributed by atoms with E-state index in [1.54, 1.807) is 43.5 Å². The molecule has 1 N–H and O–H groups in total. The lowest BCUT2D eigenvalue weighted by molar-refractivity contribution is -0.118. The summed E-state index contributed by atoms with van der Waals surface area (Å²) in [6.45, 7) is 2.12. The summed E-state index contributed by atoms with van der Waals surface area (Å²) in [6.07, 6.45) is 3.45. The summed E-state index contributed by atoms with van der Waals surface area (Å²) >= 11 is 0. The summed E-state index contributed by atoms with van der Waals surface area (Å²) in [5, 5.41) is 2.76. The van der Waals surface area contributed by atoms with E-state index in [9.17, 15) is 9.59 Å². The molecule has 1 aromatic carbocycles. The van der Waals surface area contributed by atoms with Crippen LogP contribution in [-0.4, -0.2) is 35.9 Å². The maximum atomic E-state index is 12.3. The van der Waals surface area contributed by atoms with Gasteiger partial charge in [-0.2, -0.15) is 0 Å². The molecule has 0 aliphatic rings. The van der Waals surface area contributed by atoms with Crippen molar-refractivity contribution in [2.45, 2.75) is 19.9 Å². The molecule has 3 rings (SSSR count). The molecule has 29 heavy (non-hydrogen) atoms. The maximum absolute atomic E-state index is 12.3. The number of carbonyl (C=O) groups excluding carboxylic acids is 2. The molecule has 0 fully saturated rings. The van der Waals surface area contributed by atoms with Gasteiger partial charge in [0.15, 0.2) is 0 Å². The van der Waals surface area contributed by atoms with Crippen LogP contribution in [0.15, 0.2) is 53.2 Å². The number of nitrogens with zero attached hydrogens (tertiary/aromatic N) is 3. The van der Waals surface area contributed by atoms with Crippen LogP contribution in [0.3, 0.4) is 0 Å². The molecule has 0 bridgehead atoms. The van der Waals surface area contributed by atoms with Crippen molar-refractivity contribution in [3.05, 3.63) is 60.1 Å². The molecule has 0 unspecified atom stereocenters. The van der Waals surface area contributed by atoms with Gasteiger partial charge in [-0.3, -0.25) is 9.59 Å². The zero-order valence-corrected chi connectivity index (χ0v) is 16.5. The number of rotatable bonds is 7. The lowest BCUT2D eigenvalue weighted by Gasteiger charge is -2.16. The van der Waals surface area contributed by atoms with Gasteiger partial charge in [-0.1, -0.05) is 13.0 Å². The first-order valence-corrected chi connectivity index (χ1v) is 9.11. The van der Waals surface area contributed by atoms with Crippen LogP contribution in [0, 0.1) is 0 Å². The predicted octanol–water partition coefficient (Wildman–Crippen LogP) is 3.05. The topological polar surface area (TPSA) is 97.6 Å². The number of anilines is 1. The molecule has 0 spiro atoms. The molecule has 150 valence electrons. The van der Waals surface area contributed by atoms with Gasteiger partial charge in [0.2, 0.25) is 23.4 Å². The average Bonchev–Trinajstić information content (AvgIpc) is 3.27. The number of hydrogen-bond acceptors (Lipinski definition) is 6. The highest BCUT2D eigenvalue weighted by Gasteiger charge is 2.14. The molecule has 2 amide bonds. The minimum absolute atomic E-state index is 0.0277. The van der Waals surface area contributed by atoms with E-state index >= 15 is 0 Å². The molecular weight excluding hydrogens is 372 g/mol. The normalized spacial score (nSPS) is 10.4. The van der Waals surface area contributed by atoms with E-state index < -0.39 is 0 Å². The summed E-state index contributed by atoms with van der Waals surface area (Å²) in [4.78, 5) is 33.9. The van der Waals surface area contributed by atoms with Gasteiger partial charge in [0.05, 0.1) is 13.3 Å². The van der Waals surface area contributed by atoms with E-state index in [1.165, 1.54) is 6.20 Å². The molecule has 0 aliphatic heterocycles. The fourth-order valence-electron chi connectivity index (χ4n) is 2.63. The van der Waals surface area contributed by atoms with E-state index in [0.717, 1.165) is 11.3 Å². The third-order valence-corrected chi connectivity index (χ3v) is 4.37. The quantitative estimate of drug-likeness (QED) is 0.661. The van der Waals surface area contributed by atoms with E-state index in [-0.39, 0.29) is 17.6 Å². The first kappa shape index (κ1) is 20.1. The first-order valence-electron chi connectivity index (χ1n) is 9.11. The fraction of sp³-hybridized carbons (Fsp3) is 0.238. The Labute approximate surface area is 168 Å². The van der Waals surface area contributed by atoms with E-state index in [4.69, 9.17) is 9.15 Å². The Morgan fingerprint density at radius 3 is 2.48 bits per heavy atom. The van der Waals surface area contributed by atoms with Crippen LogP contribution in [0.25, 0.3) is 11.5 Å². The van der Waals surface area contributed by atoms with Gasteiger partial charge in [0, 0.05) is 43.5 Å². The lowest BCUT2D eigenvalue weighted by atomic mass is 10.2. The minimum atomic E-state index is -0.371. The van der Waals surface area contributed by atoms with Gasteiger partial charge in [-0.05, 0) is 29.8 Å². The third-order valence-electron chi connectivity index (χ3n) is 4.37. The number of benzene rings is 1. The van der Waals surface area contributed by atoms with Crippen LogP contribution in [-0.2, 0) is 11.3 Å².